The number of sulfonamides is 1. The molecule has 3 aromatic rings. The summed E-state index contributed by atoms with van der Waals surface area (Å²) in [6.45, 7) is 2.77. The van der Waals surface area contributed by atoms with Gasteiger partial charge in [-0.3, -0.25) is 4.79 Å². The zero-order valence-corrected chi connectivity index (χ0v) is 17.1. The van der Waals surface area contributed by atoms with E-state index in [1.807, 2.05) is 43.3 Å². The van der Waals surface area contributed by atoms with Crippen molar-refractivity contribution in [3.05, 3.63) is 65.4 Å². The fourth-order valence-corrected chi connectivity index (χ4v) is 4.61. The number of benzene rings is 2. The lowest BCUT2D eigenvalue weighted by atomic mass is 9.95. The normalized spacial score (nSPS) is 15.4. The molecule has 0 aliphatic carbocycles. The monoisotopic (exact) mass is 408 g/mol. The molecule has 3 N–H and O–H groups in total. The molecule has 0 fully saturated rings. The molecule has 6 nitrogen and oxygen atoms in total. The van der Waals surface area contributed by atoms with Crippen molar-refractivity contribution in [1.29, 1.82) is 0 Å². The first-order valence-corrected chi connectivity index (χ1v) is 11.2. The predicted octanol–water partition coefficient (Wildman–Crippen LogP) is 3.09. The summed E-state index contributed by atoms with van der Waals surface area (Å²) in [5.74, 6) is -0.493. The third-order valence-corrected chi connectivity index (χ3v) is 6.67. The van der Waals surface area contributed by atoms with E-state index >= 15 is 0 Å². The molecule has 1 amide bonds. The number of nitrogens with one attached hydrogen (secondary N) is 1. The van der Waals surface area contributed by atoms with Gasteiger partial charge in [0.15, 0.2) is 0 Å². The van der Waals surface area contributed by atoms with Crippen LogP contribution in [0.4, 0.5) is 0 Å². The van der Waals surface area contributed by atoms with Crippen LogP contribution in [0.1, 0.15) is 28.0 Å². The van der Waals surface area contributed by atoms with E-state index < -0.39 is 15.9 Å². The SMILES string of the molecule is Cc1[c]cccc1-c1ccc(C(N)=O)c2[nH]c(C3=CCN(S(C)(=O)=O)CC3)cc12. The largest absolute Gasteiger partial charge is 0.366 e. The van der Waals surface area contributed by atoms with Gasteiger partial charge in [0.05, 0.1) is 17.3 Å². The molecule has 0 unspecified atom stereocenters. The summed E-state index contributed by atoms with van der Waals surface area (Å²) in [6.07, 6.45) is 3.74. The van der Waals surface area contributed by atoms with Crippen molar-refractivity contribution >= 4 is 32.4 Å². The summed E-state index contributed by atoms with van der Waals surface area (Å²) in [5.41, 5.74) is 11.7. The van der Waals surface area contributed by atoms with Gasteiger partial charge in [0, 0.05) is 24.2 Å². The number of aromatic amines is 1. The Morgan fingerprint density at radius 2 is 2.03 bits per heavy atom. The first kappa shape index (κ1) is 19.4. The van der Waals surface area contributed by atoms with Gasteiger partial charge in [-0.2, -0.15) is 4.31 Å². The molecule has 0 saturated heterocycles. The van der Waals surface area contributed by atoms with E-state index in [0.717, 1.165) is 33.3 Å². The maximum Gasteiger partial charge on any atom is 0.250 e. The van der Waals surface area contributed by atoms with Crippen LogP contribution in [0.25, 0.3) is 27.6 Å². The number of amides is 1. The summed E-state index contributed by atoms with van der Waals surface area (Å²) in [5, 5.41) is 0.908. The van der Waals surface area contributed by atoms with Gasteiger partial charge in [-0.15, -0.1) is 0 Å². The Hall–Kier alpha value is -2.90. The minimum atomic E-state index is -3.21. The van der Waals surface area contributed by atoms with E-state index in [2.05, 4.69) is 11.1 Å². The Kier molecular flexibility index (Phi) is 4.80. The number of primary amides is 1. The fraction of sp³-hybridized carbons (Fsp3) is 0.227. The number of rotatable bonds is 4. The Morgan fingerprint density at radius 1 is 1.24 bits per heavy atom. The molecular weight excluding hydrogens is 386 g/mol. The molecule has 4 rings (SSSR count). The number of aryl methyl sites for hydroxylation is 1. The molecule has 0 saturated carbocycles. The smallest absolute Gasteiger partial charge is 0.250 e. The highest BCUT2D eigenvalue weighted by Crippen LogP contribution is 2.35. The average Bonchev–Trinajstić information content (AvgIpc) is 3.12. The third-order valence-electron chi connectivity index (χ3n) is 5.40. The van der Waals surface area contributed by atoms with Crippen LogP contribution in [0.5, 0.6) is 0 Å². The molecule has 2 heterocycles. The number of aromatic nitrogens is 1. The number of nitrogens with two attached hydrogens (primary N) is 1. The van der Waals surface area contributed by atoms with Crippen LogP contribution in [0, 0.1) is 13.0 Å². The lowest BCUT2D eigenvalue weighted by Gasteiger charge is -2.23. The third kappa shape index (κ3) is 3.59. The number of hydrogen-bond donors (Lipinski definition) is 2. The van der Waals surface area contributed by atoms with Crippen LogP contribution < -0.4 is 5.73 Å². The van der Waals surface area contributed by atoms with Crippen molar-refractivity contribution in [2.45, 2.75) is 13.3 Å². The summed E-state index contributed by atoms with van der Waals surface area (Å²) in [4.78, 5) is 15.3. The van der Waals surface area contributed by atoms with Gasteiger partial charge in [0.25, 0.3) is 5.91 Å². The summed E-state index contributed by atoms with van der Waals surface area (Å²) >= 11 is 0. The molecule has 1 radical (unpaired) electrons. The highest BCUT2D eigenvalue weighted by molar-refractivity contribution is 7.88. The Bertz CT molecular complexity index is 1260. The molecule has 0 spiro atoms. The zero-order valence-electron chi connectivity index (χ0n) is 16.3. The molecule has 149 valence electrons. The molecule has 1 aliphatic rings. The van der Waals surface area contributed by atoms with E-state index in [9.17, 15) is 13.2 Å². The summed E-state index contributed by atoms with van der Waals surface area (Å²) in [6, 6.07) is 14.7. The minimum Gasteiger partial charge on any atom is -0.366 e. The predicted molar refractivity (Wildman–Crippen MR) is 115 cm³/mol. The molecule has 7 heteroatoms. The molecule has 1 aliphatic heterocycles. The molecule has 2 aromatic carbocycles. The number of hydrogen-bond acceptors (Lipinski definition) is 3. The topological polar surface area (TPSA) is 96.3 Å². The standard InChI is InChI=1S/C22H22N3O3S/c1-14-5-3-4-6-16(14)17-7-8-18(22(23)26)21-19(17)13-20(24-21)15-9-11-25(12-10-15)29(2,27)28/h3-4,6-9,13,24H,10-12H2,1-2H3,(H2,23,26). The molecule has 29 heavy (non-hydrogen) atoms. The fourth-order valence-electron chi connectivity index (χ4n) is 3.84. The second-order valence-corrected chi connectivity index (χ2v) is 9.29. The number of H-pyrrole nitrogens is 1. The minimum absolute atomic E-state index is 0.339. The quantitative estimate of drug-likeness (QED) is 0.694. The highest BCUT2D eigenvalue weighted by Gasteiger charge is 2.22. The molecular formula is C22H22N3O3S. The zero-order chi connectivity index (χ0) is 20.8. The number of carbonyl (C=O) groups excluding carboxylic acids is 1. The van der Waals surface area contributed by atoms with Crippen LogP contribution >= 0.6 is 0 Å². The second kappa shape index (κ2) is 7.17. The first-order chi connectivity index (χ1) is 13.8. The van der Waals surface area contributed by atoms with Crippen molar-refractivity contribution in [2.24, 2.45) is 5.73 Å². The Labute approximate surface area is 170 Å². The van der Waals surface area contributed by atoms with E-state index in [4.69, 9.17) is 5.73 Å². The van der Waals surface area contributed by atoms with Crippen LogP contribution in [0.2, 0.25) is 0 Å². The maximum absolute atomic E-state index is 12.0. The van der Waals surface area contributed by atoms with E-state index in [0.29, 0.717) is 30.6 Å². The first-order valence-electron chi connectivity index (χ1n) is 9.33. The van der Waals surface area contributed by atoms with Gasteiger partial charge >= 0.3 is 0 Å². The van der Waals surface area contributed by atoms with Crippen LogP contribution in [0.3, 0.4) is 0 Å². The van der Waals surface area contributed by atoms with Crippen molar-refractivity contribution in [3.63, 3.8) is 0 Å². The number of carbonyl (C=O) groups is 1. The van der Waals surface area contributed by atoms with Crippen LogP contribution in [-0.4, -0.2) is 43.0 Å². The van der Waals surface area contributed by atoms with E-state index in [1.165, 1.54) is 10.6 Å². The van der Waals surface area contributed by atoms with Gasteiger partial charge in [-0.05, 0) is 53.8 Å². The maximum atomic E-state index is 12.0. The van der Waals surface area contributed by atoms with Crippen LogP contribution in [-0.2, 0) is 10.0 Å². The van der Waals surface area contributed by atoms with Gasteiger partial charge < -0.3 is 10.7 Å². The van der Waals surface area contributed by atoms with Crippen molar-refractivity contribution in [3.8, 4) is 11.1 Å². The second-order valence-electron chi connectivity index (χ2n) is 7.31. The molecule has 0 atom stereocenters. The Balaban J connectivity index is 1.85. The van der Waals surface area contributed by atoms with Crippen LogP contribution in [0.15, 0.2) is 42.5 Å². The van der Waals surface area contributed by atoms with Gasteiger partial charge in [0.1, 0.15) is 0 Å². The lowest BCUT2D eigenvalue weighted by Crippen LogP contribution is -2.33. The average molecular weight is 409 g/mol. The highest BCUT2D eigenvalue weighted by atomic mass is 32.2. The van der Waals surface area contributed by atoms with E-state index in [1.54, 1.807) is 6.07 Å². The van der Waals surface area contributed by atoms with Gasteiger partial charge in [-0.1, -0.05) is 30.3 Å². The summed E-state index contributed by atoms with van der Waals surface area (Å²) < 4.78 is 25.0. The van der Waals surface area contributed by atoms with Gasteiger partial charge in [0.2, 0.25) is 10.0 Å². The van der Waals surface area contributed by atoms with Gasteiger partial charge in [-0.25, -0.2) is 8.42 Å². The number of nitrogens with zero attached hydrogens (tertiary/aromatic N) is 1. The Morgan fingerprint density at radius 3 is 2.66 bits per heavy atom. The van der Waals surface area contributed by atoms with E-state index in [-0.39, 0.29) is 0 Å². The molecule has 0 bridgehead atoms. The molecule has 1 aromatic heterocycles. The lowest BCUT2D eigenvalue weighted by molar-refractivity contribution is 0.100. The van der Waals surface area contributed by atoms with Crippen molar-refractivity contribution in [1.82, 2.24) is 9.29 Å². The number of fused-ring (bicyclic) bond motifs is 1. The van der Waals surface area contributed by atoms with Crippen molar-refractivity contribution in [2.75, 3.05) is 19.3 Å². The summed E-state index contributed by atoms with van der Waals surface area (Å²) in [7, 11) is -3.21. The van der Waals surface area contributed by atoms with Crippen molar-refractivity contribution < 1.29 is 13.2 Å².